The molecule has 2 aromatic carbocycles. The summed E-state index contributed by atoms with van der Waals surface area (Å²) in [6.45, 7) is 6.61. The summed E-state index contributed by atoms with van der Waals surface area (Å²) in [5.41, 5.74) is 2.54. The molecule has 0 aliphatic rings. The lowest BCUT2D eigenvalue weighted by atomic mass is 10.1. The Hall–Kier alpha value is -0.693. The highest BCUT2D eigenvalue weighted by Gasteiger charge is 2.24. The zero-order valence-corrected chi connectivity index (χ0v) is 17.2. The third-order valence-corrected chi connectivity index (χ3v) is 4.97. The quantitative estimate of drug-likeness (QED) is 0.236. The van der Waals surface area contributed by atoms with Gasteiger partial charge in [0.25, 0.3) is 0 Å². The van der Waals surface area contributed by atoms with E-state index in [1.54, 1.807) is 0 Å². The van der Waals surface area contributed by atoms with Gasteiger partial charge in [0, 0.05) is 12.8 Å². The van der Waals surface area contributed by atoms with Crippen LogP contribution in [-0.4, -0.2) is 18.7 Å². The van der Waals surface area contributed by atoms with Crippen LogP contribution in [0.15, 0.2) is 60.7 Å². The number of hydrogen-bond donors (Lipinski definition) is 0. The maximum atomic E-state index is 6.26. The van der Waals surface area contributed by atoms with E-state index in [2.05, 4.69) is 90.8 Å². The van der Waals surface area contributed by atoms with Crippen LogP contribution in [0.2, 0.25) is 19.6 Å². The summed E-state index contributed by atoms with van der Waals surface area (Å²) < 4.78 is 12.6. The molecule has 23 heavy (non-hydrogen) atoms. The Morgan fingerprint density at radius 1 is 0.826 bits per heavy atom. The summed E-state index contributed by atoms with van der Waals surface area (Å²) in [4.78, 5) is 0. The molecule has 4 heteroatoms. The van der Waals surface area contributed by atoms with Crippen LogP contribution < -0.4 is 0 Å². The van der Waals surface area contributed by atoms with Crippen molar-refractivity contribution in [1.29, 1.82) is 0 Å². The molecular weight excluding hydrogens is 415 g/mol. The molecule has 0 aromatic heterocycles. The molecule has 0 fully saturated rings. The van der Waals surface area contributed by atoms with Crippen LogP contribution in [0.1, 0.15) is 11.1 Å². The molecule has 0 saturated heterocycles. The summed E-state index contributed by atoms with van der Waals surface area (Å²) in [5, 5.41) is 0. The van der Waals surface area contributed by atoms with E-state index < -0.39 is 8.32 Å². The maximum absolute atomic E-state index is 6.26. The largest absolute Gasteiger partial charge is 0.393 e. The molecule has 2 rings (SSSR count). The Morgan fingerprint density at radius 3 is 1.78 bits per heavy atom. The molecule has 2 atom stereocenters. The van der Waals surface area contributed by atoms with Crippen LogP contribution in [0.3, 0.4) is 0 Å². The Morgan fingerprint density at radius 2 is 1.30 bits per heavy atom. The molecule has 0 bridgehead atoms. The highest BCUT2D eigenvalue weighted by Crippen LogP contribution is 2.20. The predicted octanol–water partition coefficient (Wildman–Crippen LogP) is 5.43. The average molecular weight is 440 g/mol. The van der Waals surface area contributed by atoms with Crippen LogP contribution >= 0.6 is 22.6 Å². The van der Waals surface area contributed by atoms with E-state index >= 15 is 0 Å². The van der Waals surface area contributed by atoms with Crippen molar-refractivity contribution >= 4 is 30.9 Å². The second kappa shape index (κ2) is 8.96. The third kappa shape index (κ3) is 7.61. The van der Waals surface area contributed by atoms with E-state index in [4.69, 9.17) is 9.16 Å². The van der Waals surface area contributed by atoms with Crippen molar-refractivity contribution in [1.82, 2.24) is 0 Å². The van der Waals surface area contributed by atoms with Gasteiger partial charge < -0.3 is 9.16 Å². The molecule has 0 radical (unpaired) electrons. The van der Waals surface area contributed by atoms with E-state index in [9.17, 15) is 0 Å². The van der Waals surface area contributed by atoms with Crippen LogP contribution in [0.5, 0.6) is 0 Å². The first-order valence-electron chi connectivity index (χ1n) is 7.97. The molecule has 2 unspecified atom stereocenters. The molecular formula is C19H25IO2Si. The van der Waals surface area contributed by atoms with Gasteiger partial charge in [0.1, 0.15) is 4.11 Å². The van der Waals surface area contributed by atoms with E-state index in [-0.39, 0.29) is 10.4 Å². The summed E-state index contributed by atoms with van der Waals surface area (Å²) in [7, 11) is -1.66. The van der Waals surface area contributed by atoms with Crippen molar-refractivity contribution in [2.24, 2.45) is 0 Å². The topological polar surface area (TPSA) is 18.5 Å². The fourth-order valence-corrected chi connectivity index (χ4v) is 4.09. The number of benzene rings is 2. The lowest BCUT2D eigenvalue weighted by molar-refractivity contribution is -0.0898. The average Bonchev–Trinajstić information content (AvgIpc) is 2.47. The van der Waals surface area contributed by atoms with E-state index in [0.29, 0.717) is 0 Å². The van der Waals surface area contributed by atoms with Gasteiger partial charge in [0.15, 0.2) is 14.6 Å². The predicted molar refractivity (Wildman–Crippen MR) is 107 cm³/mol. The van der Waals surface area contributed by atoms with Gasteiger partial charge >= 0.3 is 0 Å². The van der Waals surface area contributed by atoms with Crippen LogP contribution in [0, 0.1) is 0 Å². The van der Waals surface area contributed by atoms with Crippen molar-refractivity contribution in [3.8, 4) is 0 Å². The smallest absolute Gasteiger partial charge is 0.187 e. The zero-order chi connectivity index (χ0) is 16.7. The maximum Gasteiger partial charge on any atom is 0.187 e. The van der Waals surface area contributed by atoms with Crippen molar-refractivity contribution in [2.45, 2.75) is 42.9 Å². The lowest BCUT2D eigenvalue weighted by Crippen LogP contribution is -2.36. The third-order valence-electron chi connectivity index (χ3n) is 3.27. The molecule has 0 amide bonds. The Labute approximate surface area is 154 Å². The Kier molecular flexibility index (Phi) is 7.27. The first kappa shape index (κ1) is 18.6. The SMILES string of the molecule is C[Si](C)(C)OC(Cc1ccccc1)OC(I)Cc1ccccc1. The fraction of sp³-hybridized carbons (Fsp3) is 0.368. The highest BCUT2D eigenvalue weighted by molar-refractivity contribution is 14.1. The summed E-state index contributed by atoms with van der Waals surface area (Å²) in [5.74, 6) is 0. The molecule has 0 aliphatic heterocycles. The first-order valence-corrected chi connectivity index (χ1v) is 12.6. The normalized spacial score (nSPS) is 14.4. The van der Waals surface area contributed by atoms with Gasteiger partial charge in [0.05, 0.1) is 0 Å². The van der Waals surface area contributed by atoms with Gasteiger partial charge in [-0.1, -0.05) is 83.3 Å². The molecule has 0 heterocycles. The standard InChI is InChI=1S/C19H25IO2Si/c1-23(2,3)22-19(15-17-12-8-5-9-13-17)21-18(20)14-16-10-6-4-7-11-16/h4-13,18-19H,14-15H2,1-3H3. The number of ether oxygens (including phenoxy) is 1. The molecule has 0 aliphatic carbocycles. The minimum Gasteiger partial charge on any atom is -0.393 e. The van der Waals surface area contributed by atoms with Gasteiger partial charge in [-0.3, -0.25) is 0 Å². The minimum absolute atomic E-state index is 0.0973. The number of alkyl halides is 1. The van der Waals surface area contributed by atoms with Crippen molar-refractivity contribution < 1.29 is 9.16 Å². The van der Waals surface area contributed by atoms with Crippen molar-refractivity contribution in [3.63, 3.8) is 0 Å². The molecule has 2 nitrogen and oxygen atoms in total. The van der Waals surface area contributed by atoms with E-state index in [0.717, 1.165) is 12.8 Å². The highest BCUT2D eigenvalue weighted by atomic mass is 127. The number of halogens is 1. The number of rotatable bonds is 8. The lowest BCUT2D eigenvalue weighted by Gasteiger charge is -2.28. The second-order valence-corrected chi connectivity index (χ2v) is 12.4. The monoisotopic (exact) mass is 440 g/mol. The molecule has 2 aromatic rings. The molecule has 124 valence electrons. The van der Waals surface area contributed by atoms with Gasteiger partial charge in [-0.25, -0.2) is 0 Å². The van der Waals surface area contributed by atoms with E-state index in [1.807, 2.05) is 12.1 Å². The Bertz CT molecular complexity index is 569. The van der Waals surface area contributed by atoms with Gasteiger partial charge in [-0.2, -0.15) is 0 Å². The van der Waals surface area contributed by atoms with Crippen LogP contribution in [-0.2, 0) is 22.0 Å². The summed E-state index contributed by atoms with van der Waals surface area (Å²) >= 11 is 2.37. The van der Waals surface area contributed by atoms with Crippen molar-refractivity contribution in [3.05, 3.63) is 71.8 Å². The first-order chi connectivity index (χ1) is 10.9. The van der Waals surface area contributed by atoms with Gasteiger partial charge in [-0.15, -0.1) is 0 Å². The van der Waals surface area contributed by atoms with Gasteiger partial charge in [-0.05, 0) is 30.8 Å². The Balaban J connectivity index is 1.98. The summed E-state index contributed by atoms with van der Waals surface area (Å²) in [6.07, 6.45) is 1.50. The molecule has 0 N–H and O–H groups in total. The van der Waals surface area contributed by atoms with Crippen LogP contribution in [0.4, 0.5) is 0 Å². The van der Waals surface area contributed by atoms with Crippen LogP contribution in [0.25, 0.3) is 0 Å². The second-order valence-electron chi connectivity index (χ2n) is 6.59. The molecule has 0 saturated carbocycles. The van der Waals surface area contributed by atoms with Crippen molar-refractivity contribution in [2.75, 3.05) is 0 Å². The van der Waals surface area contributed by atoms with E-state index in [1.165, 1.54) is 11.1 Å². The zero-order valence-electron chi connectivity index (χ0n) is 14.0. The summed E-state index contributed by atoms with van der Waals surface area (Å²) in [6, 6.07) is 20.9. The fourth-order valence-electron chi connectivity index (χ4n) is 2.33. The minimum atomic E-state index is -1.66. The van der Waals surface area contributed by atoms with Gasteiger partial charge in [0.2, 0.25) is 0 Å². The number of hydrogen-bond acceptors (Lipinski definition) is 2. The molecule has 0 spiro atoms.